The minimum atomic E-state index is -0.898. The number of likely N-dealkylation sites (N-methyl/N-ethyl adjacent to an activating group) is 1. The summed E-state index contributed by atoms with van der Waals surface area (Å²) in [5.74, 6) is -0.193. The Bertz CT molecular complexity index is 1550. The lowest BCUT2D eigenvalue weighted by molar-refractivity contribution is 0.248. The zero-order valence-electron chi connectivity index (χ0n) is 27.6. The first-order chi connectivity index (χ1) is 22.1. The Morgan fingerprint density at radius 3 is 2.35 bits per heavy atom. The molecule has 0 atom stereocenters. The lowest BCUT2D eigenvalue weighted by Crippen LogP contribution is -2.52. The first-order valence-electron chi connectivity index (χ1n) is 15.2. The quantitative estimate of drug-likeness (QED) is 0.184. The van der Waals surface area contributed by atoms with E-state index in [0.29, 0.717) is 31.0 Å². The van der Waals surface area contributed by atoms with Gasteiger partial charge in [0, 0.05) is 25.2 Å². The Morgan fingerprint density at radius 1 is 1.07 bits per heavy atom. The summed E-state index contributed by atoms with van der Waals surface area (Å²) in [6.07, 6.45) is 0. The first-order valence-corrected chi connectivity index (χ1v) is 15.2. The summed E-state index contributed by atoms with van der Waals surface area (Å²) < 4.78 is 35.6. The number of aryl methyl sites for hydroxylation is 1. The number of para-hydroxylation sites is 1. The van der Waals surface area contributed by atoms with E-state index in [1.54, 1.807) is 0 Å². The molecule has 3 N–H and O–H groups in total. The second-order valence-electron chi connectivity index (χ2n) is 10.4. The predicted molar refractivity (Wildman–Crippen MR) is 182 cm³/mol. The normalized spacial score (nSPS) is 14.7. The van der Waals surface area contributed by atoms with Gasteiger partial charge in [-0.3, -0.25) is 0 Å². The number of anilines is 2. The summed E-state index contributed by atoms with van der Waals surface area (Å²) in [7, 11) is 3.87. The van der Waals surface area contributed by atoms with Crippen LogP contribution in [0, 0.1) is 18.6 Å². The molecule has 1 saturated heterocycles. The molecule has 11 heteroatoms. The maximum absolute atomic E-state index is 15.1. The number of aliphatic imine (C=N–C) groups is 1. The number of benzene rings is 3. The van der Waals surface area contributed by atoms with Gasteiger partial charge in [-0.15, -0.1) is 0 Å². The van der Waals surface area contributed by atoms with Gasteiger partial charge in [-0.1, -0.05) is 32.6 Å². The van der Waals surface area contributed by atoms with E-state index in [4.69, 9.17) is 9.57 Å². The van der Waals surface area contributed by atoms with Crippen molar-refractivity contribution in [3.8, 4) is 11.5 Å². The van der Waals surface area contributed by atoms with Crippen LogP contribution < -0.4 is 30.6 Å². The lowest BCUT2D eigenvalue weighted by atomic mass is 9.95. The highest BCUT2D eigenvalue weighted by molar-refractivity contribution is 6.27. The molecule has 0 spiro atoms. The van der Waals surface area contributed by atoms with Crippen molar-refractivity contribution in [1.29, 1.82) is 0 Å². The summed E-state index contributed by atoms with van der Waals surface area (Å²) in [6.45, 7) is 15.6. The van der Waals surface area contributed by atoms with Crippen molar-refractivity contribution >= 4 is 28.8 Å². The molecule has 0 radical (unpaired) electrons. The Hall–Kier alpha value is -4.90. The summed E-state index contributed by atoms with van der Waals surface area (Å²) in [6, 6.07) is 15.7. The third-order valence-electron chi connectivity index (χ3n) is 6.91. The van der Waals surface area contributed by atoms with Crippen LogP contribution in [0.2, 0.25) is 0 Å². The highest BCUT2D eigenvalue weighted by Crippen LogP contribution is 2.32. The number of hydrogen-bond donors (Lipinski definition) is 3. The van der Waals surface area contributed by atoms with E-state index in [9.17, 15) is 4.79 Å². The minimum Gasteiger partial charge on any atom is -0.494 e. The molecule has 0 saturated carbocycles. The van der Waals surface area contributed by atoms with E-state index in [-0.39, 0.29) is 18.2 Å². The number of nitrogens with zero attached hydrogens (tertiary/aromatic N) is 3. The zero-order valence-corrected chi connectivity index (χ0v) is 27.6. The van der Waals surface area contributed by atoms with E-state index in [0.717, 1.165) is 45.2 Å². The van der Waals surface area contributed by atoms with Gasteiger partial charge in [0.1, 0.15) is 34.7 Å². The van der Waals surface area contributed by atoms with Crippen molar-refractivity contribution in [2.24, 2.45) is 4.99 Å². The second-order valence-corrected chi connectivity index (χ2v) is 10.4. The van der Waals surface area contributed by atoms with Crippen LogP contribution in [0.3, 0.4) is 0 Å². The standard InChI is InChI=1S/C33H38F2N6O3.C2H6/c1-7-43-25-15-12-24(13-16-25)39-44-26-14-11-21(2)27(19-26)22(3)28-20-37-33(42)41(31-29(34)9-8-10-30(31)35)32(28)38-23(4)36-17-18-40(5)6;1-2/h8-16,19,36,39H,4,7,17-18,20H2,1-3,5-6H3,(H,37,42);1-2H3/b28-22+,38-32+;. The van der Waals surface area contributed by atoms with Crippen molar-refractivity contribution in [3.05, 3.63) is 101 Å². The SMILES string of the molecule is C=C(/N=C1\C(=C(/C)c2cc(ONc3ccc(OCC)cc3)ccc2C)CNC(=O)N1c1c(F)cccc1F)NCCN(C)C.CC. The molecule has 246 valence electrons. The van der Waals surface area contributed by atoms with Crippen molar-refractivity contribution < 1.29 is 23.1 Å². The topological polar surface area (TPSA) is 90.5 Å². The Labute approximate surface area is 270 Å². The molecule has 0 aromatic heterocycles. The molecule has 46 heavy (non-hydrogen) atoms. The molecule has 3 aromatic rings. The average Bonchev–Trinajstić information content (AvgIpc) is 3.03. The molecule has 1 aliphatic rings. The van der Waals surface area contributed by atoms with Gasteiger partial charge in [-0.05, 0) is 100 Å². The molecule has 9 nitrogen and oxygen atoms in total. The van der Waals surface area contributed by atoms with Crippen LogP contribution in [0.25, 0.3) is 5.57 Å². The van der Waals surface area contributed by atoms with Gasteiger partial charge in [0.2, 0.25) is 0 Å². The van der Waals surface area contributed by atoms with Gasteiger partial charge < -0.3 is 25.1 Å². The summed E-state index contributed by atoms with van der Waals surface area (Å²) >= 11 is 0. The van der Waals surface area contributed by atoms with Gasteiger partial charge in [-0.25, -0.2) is 28.9 Å². The minimum absolute atomic E-state index is 0.0656. The largest absolute Gasteiger partial charge is 0.494 e. The van der Waals surface area contributed by atoms with Crippen molar-refractivity contribution in [3.63, 3.8) is 0 Å². The molecule has 2 amide bonds. The van der Waals surface area contributed by atoms with Crippen LogP contribution in [-0.4, -0.2) is 57.1 Å². The lowest BCUT2D eigenvalue weighted by Gasteiger charge is -2.33. The number of allylic oxidation sites excluding steroid dienone is 1. The monoisotopic (exact) mass is 634 g/mol. The van der Waals surface area contributed by atoms with Crippen molar-refractivity contribution in [2.75, 3.05) is 50.7 Å². The highest BCUT2D eigenvalue weighted by Gasteiger charge is 2.35. The number of nitrogens with one attached hydrogen (secondary N) is 3. The van der Waals surface area contributed by atoms with Crippen LogP contribution in [-0.2, 0) is 0 Å². The van der Waals surface area contributed by atoms with E-state index < -0.39 is 23.4 Å². The molecule has 4 rings (SSSR count). The van der Waals surface area contributed by atoms with E-state index in [1.807, 2.05) is 96.1 Å². The molecule has 0 bridgehead atoms. The number of rotatable bonds is 12. The summed E-state index contributed by atoms with van der Waals surface area (Å²) in [5.41, 5.74) is 6.16. The maximum atomic E-state index is 15.1. The third-order valence-corrected chi connectivity index (χ3v) is 6.91. The average molecular weight is 635 g/mol. The van der Waals surface area contributed by atoms with Gasteiger partial charge in [0.25, 0.3) is 0 Å². The van der Waals surface area contributed by atoms with E-state index in [1.165, 1.54) is 6.07 Å². The van der Waals surface area contributed by atoms with Crippen LogP contribution in [0.1, 0.15) is 38.8 Å². The fraction of sp³-hybridized carbons (Fsp3) is 0.314. The third kappa shape index (κ3) is 9.07. The van der Waals surface area contributed by atoms with Gasteiger partial charge in [0.15, 0.2) is 5.75 Å². The molecule has 1 heterocycles. The molecular formula is C35H44F2N6O3. The van der Waals surface area contributed by atoms with Gasteiger partial charge >= 0.3 is 6.03 Å². The van der Waals surface area contributed by atoms with Crippen molar-refractivity contribution in [1.82, 2.24) is 15.5 Å². The maximum Gasteiger partial charge on any atom is 0.328 e. The Morgan fingerprint density at radius 2 is 1.72 bits per heavy atom. The van der Waals surface area contributed by atoms with Gasteiger partial charge in [-0.2, -0.15) is 0 Å². The van der Waals surface area contributed by atoms with E-state index in [2.05, 4.69) is 27.7 Å². The van der Waals surface area contributed by atoms with Crippen LogP contribution in [0.4, 0.5) is 25.0 Å². The van der Waals surface area contributed by atoms with Crippen LogP contribution in [0.5, 0.6) is 11.5 Å². The molecule has 0 unspecified atom stereocenters. The Balaban J connectivity index is 0.00000282. The number of amides is 2. The number of halogens is 2. The summed E-state index contributed by atoms with van der Waals surface area (Å²) in [5, 5.41) is 5.86. The molecular weight excluding hydrogens is 590 g/mol. The predicted octanol–water partition coefficient (Wildman–Crippen LogP) is 7.13. The highest BCUT2D eigenvalue weighted by atomic mass is 19.1. The fourth-order valence-electron chi connectivity index (χ4n) is 4.61. The number of urea groups is 1. The van der Waals surface area contributed by atoms with Crippen LogP contribution >= 0.6 is 0 Å². The smallest absolute Gasteiger partial charge is 0.328 e. The van der Waals surface area contributed by atoms with Gasteiger partial charge in [0.05, 0.1) is 12.3 Å². The van der Waals surface area contributed by atoms with Crippen LogP contribution in [0.15, 0.2) is 83.6 Å². The summed E-state index contributed by atoms with van der Waals surface area (Å²) in [4.78, 5) is 26.6. The first kappa shape index (κ1) is 35.6. The number of amidine groups is 1. The number of hydrogen-bond acceptors (Lipinski definition) is 7. The molecule has 3 aromatic carbocycles. The number of ether oxygens (including phenoxy) is 1. The Kier molecular flexibility index (Phi) is 13.1. The molecule has 1 aliphatic heterocycles. The molecule has 0 aliphatic carbocycles. The molecule has 1 fully saturated rings. The number of carbonyl (C=O) groups is 1. The second kappa shape index (κ2) is 17.0. The van der Waals surface area contributed by atoms with E-state index >= 15 is 8.78 Å². The number of carbonyl (C=O) groups excluding carboxylic acids is 1. The fourth-order valence-corrected chi connectivity index (χ4v) is 4.61. The zero-order chi connectivity index (χ0) is 33.8. The van der Waals surface area contributed by atoms with Crippen molar-refractivity contribution in [2.45, 2.75) is 34.6 Å².